The highest BCUT2D eigenvalue weighted by Gasteiger charge is 2.25. The standard InChI is InChI=1S/C72H46N2/c1-73-63-41-49(67-55-25-11-7-21-51(55)65(52-22-8-12-26-56(52)67)47-33-31-43-17-3-5-19-45(43)39-47)35-37-61(63)69-59-29-15-16-30-60(59)70-62-38-36-50(42-64(62)74(2)72(70)71(69)73)68-57-27-13-9-23-53(57)66(54-24-10-14-28-58(54)68)48-34-32-44-18-4-6-20-46(44)40-48/h3-42H,1-2H3. The van der Waals surface area contributed by atoms with Gasteiger partial charge in [-0.25, -0.2) is 0 Å². The van der Waals surface area contributed by atoms with Gasteiger partial charge in [0.25, 0.3) is 0 Å². The van der Waals surface area contributed by atoms with Crippen molar-refractivity contribution in [1.29, 1.82) is 0 Å². The van der Waals surface area contributed by atoms with Crippen molar-refractivity contribution in [3.8, 4) is 44.5 Å². The van der Waals surface area contributed by atoms with Crippen LogP contribution in [0.1, 0.15) is 0 Å². The van der Waals surface area contributed by atoms with Crippen molar-refractivity contribution in [2.75, 3.05) is 0 Å². The van der Waals surface area contributed by atoms with E-state index in [2.05, 4.69) is 266 Å². The molecule has 344 valence electrons. The number of benzene rings is 14. The van der Waals surface area contributed by atoms with E-state index in [1.807, 2.05) is 0 Å². The maximum absolute atomic E-state index is 2.48. The largest absolute Gasteiger partial charge is 0.342 e. The fourth-order valence-electron chi connectivity index (χ4n) is 13.4. The van der Waals surface area contributed by atoms with Crippen LogP contribution in [0.3, 0.4) is 0 Å². The third kappa shape index (κ3) is 5.71. The summed E-state index contributed by atoms with van der Waals surface area (Å²) in [6.07, 6.45) is 0. The number of aromatic nitrogens is 2. The van der Waals surface area contributed by atoms with Gasteiger partial charge in [0.15, 0.2) is 0 Å². The van der Waals surface area contributed by atoms with Crippen LogP contribution in [0.15, 0.2) is 243 Å². The zero-order valence-electron chi connectivity index (χ0n) is 41.0. The Morgan fingerprint density at radius 3 is 0.797 bits per heavy atom. The van der Waals surface area contributed by atoms with Crippen LogP contribution in [-0.4, -0.2) is 9.13 Å². The smallest absolute Gasteiger partial charge is 0.0742 e. The Bertz CT molecular complexity index is 4670. The highest BCUT2D eigenvalue weighted by atomic mass is 15.0. The van der Waals surface area contributed by atoms with Crippen molar-refractivity contribution in [3.05, 3.63) is 243 Å². The molecule has 0 N–H and O–H groups in total. The molecule has 0 unspecified atom stereocenters. The van der Waals surface area contributed by atoms with Crippen LogP contribution in [-0.2, 0) is 14.1 Å². The molecular formula is C72H46N2. The topological polar surface area (TPSA) is 9.86 Å². The van der Waals surface area contributed by atoms with Gasteiger partial charge in [0.1, 0.15) is 0 Å². The molecule has 0 aliphatic rings. The van der Waals surface area contributed by atoms with E-state index in [4.69, 9.17) is 0 Å². The zero-order chi connectivity index (χ0) is 48.8. The SMILES string of the molecule is Cn1c2cc(-c3c4ccccc4c(-c4ccc5ccccc5c4)c4ccccc34)ccc2c2c3ccccc3c3c4ccc(-c5c6ccccc6c(-c6ccc7ccccc7c6)c6ccccc56)cc4n(C)c3c21. The minimum atomic E-state index is 1.22. The van der Waals surface area contributed by atoms with Crippen LogP contribution >= 0.6 is 0 Å². The number of rotatable bonds is 4. The van der Waals surface area contributed by atoms with Crippen molar-refractivity contribution < 1.29 is 0 Å². The van der Waals surface area contributed by atoms with Crippen molar-refractivity contribution in [2.45, 2.75) is 0 Å². The Morgan fingerprint density at radius 1 is 0.216 bits per heavy atom. The normalized spacial score (nSPS) is 12.2. The summed E-state index contributed by atoms with van der Waals surface area (Å²) in [6, 6.07) is 90.8. The lowest BCUT2D eigenvalue weighted by molar-refractivity contribution is 0.987. The van der Waals surface area contributed by atoms with E-state index in [0.717, 1.165) is 0 Å². The molecule has 0 spiro atoms. The Kier molecular flexibility index (Phi) is 8.62. The Hall–Kier alpha value is -9.50. The molecule has 16 rings (SSSR count). The predicted octanol–water partition coefficient (Wildman–Crippen LogP) is 19.7. The van der Waals surface area contributed by atoms with Crippen LogP contribution in [0.25, 0.3) is 164 Å². The predicted molar refractivity (Wildman–Crippen MR) is 319 cm³/mol. The molecule has 0 amide bonds. The van der Waals surface area contributed by atoms with Gasteiger partial charge in [-0.05, 0) is 144 Å². The molecule has 14 aromatic carbocycles. The first-order valence-corrected chi connectivity index (χ1v) is 25.8. The van der Waals surface area contributed by atoms with Gasteiger partial charge < -0.3 is 9.13 Å². The molecule has 74 heavy (non-hydrogen) atoms. The number of aryl methyl sites for hydroxylation is 2. The van der Waals surface area contributed by atoms with Gasteiger partial charge >= 0.3 is 0 Å². The fourth-order valence-corrected chi connectivity index (χ4v) is 13.4. The van der Waals surface area contributed by atoms with Crippen LogP contribution < -0.4 is 0 Å². The van der Waals surface area contributed by atoms with E-state index in [9.17, 15) is 0 Å². The summed E-state index contributed by atoms with van der Waals surface area (Å²) < 4.78 is 4.95. The second-order valence-electron chi connectivity index (χ2n) is 20.4. The van der Waals surface area contributed by atoms with Crippen LogP contribution in [0.4, 0.5) is 0 Å². The number of nitrogens with zero attached hydrogens (tertiary/aromatic N) is 2. The summed E-state index contributed by atoms with van der Waals surface area (Å²) in [5, 5.41) is 22.8. The van der Waals surface area contributed by atoms with Gasteiger partial charge in [-0.1, -0.05) is 218 Å². The molecule has 2 aromatic heterocycles. The molecule has 0 aliphatic carbocycles. The van der Waals surface area contributed by atoms with E-state index in [-0.39, 0.29) is 0 Å². The average Bonchev–Trinajstić information content (AvgIpc) is 3.94. The van der Waals surface area contributed by atoms with Gasteiger partial charge in [0.2, 0.25) is 0 Å². The molecule has 0 radical (unpaired) electrons. The van der Waals surface area contributed by atoms with Crippen molar-refractivity contribution >= 4 is 119 Å². The molecule has 0 saturated heterocycles. The monoisotopic (exact) mass is 938 g/mol. The van der Waals surface area contributed by atoms with Crippen molar-refractivity contribution in [1.82, 2.24) is 9.13 Å². The second-order valence-corrected chi connectivity index (χ2v) is 20.4. The summed E-state index contributed by atoms with van der Waals surface area (Å²) in [6.45, 7) is 0. The van der Waals surface area contributed by atoms with E-state index < -0.39 is 0 Å². The van der Waals surface area contributed by atoms with Gasteiger partial charge in [-0.2, -0.15) is 0 Å². The van der Waals surface area contributed by atoms with Gasteiger partial charge in [0, 0.05) is 46.7 Å². The Morgan fingerprint density at radius 2 is 0.473 bits per heavy atom. The second kappa shape index (κ2) is 15.5. The van der Waals surface area contributed by atoms with Gasteiger partial charge in [-0.3, -0.25) is 0 Å². The molecule has 0 bridgehead atoms. The average molecular weight is 939 g/mol. The van der Waals surface area contributed by atoms with Crippen LogP contribution in [0.2, 0.25) is 0 Å². The molecule has 0 saturated carbocycles. The van der Waals surface area contributed by atoms with E-state index in [1.165, 1.54) is 164 Å². The van der Waals surface area contributed by atoms with E-state index in [0.29, 0.717) is 0 Å². The van der Waals surface area contributed by atoms with Crippen LogP contribution in [0, 0.1) is 0 Å². The Balaban J connectivity index is 0.929. The minimum absolute atomic E-state index is 1.22. The molecule has 2 nitrogen and oxygen atoms in total. The van der Waals surface area contributed by atoms with Crippen molar-refractivity contribution in [2.24, 2.45) is 14.1 Å². The molecule has 16 aromatic rings. The summed E-state index contributed by atoms with van der Waals surface area (Å²) >= 11 is 0. The third-order valence-electron chi connectivity index (χ3n) is 16.6. The molecule has 2 heterocycles. The lowest BCUT2D eigenvalue weighted by Gasteiger charge is -2.18. The summed E-state index contributed by atoms with van der Waals surface area (Å²) in [4.78, 5) is 0. The van der Waals surface area contributed by atoms with Gasteiger partial charge in [0.05, 0.1) is 11.0 Å². The quantitative estimate of drug-likeness (QED) is 0.156. The molecule has 0 fully saturated rings. The summed E-state index contributed by atoms with van der Waals surface area (Å²) in [5.41, 5.74) is 15.0. The minimum Gasteiger partial charge on any atom is -0.342 e. The zero-order valence-corrected chi connectivity index (χ0v) is 41.0. The molecular weight excluding hydrogens is 893 g/mol. The molecule has 2 heteroatoms. The Labute approximate surface area is 427 Å². The number of hydrogen-bond donors (Lipinski definition) is 0. The lowest BCUT2D eigenvalue weighted by atomic mass is 9.85. The van der Waals surface area contributed by atoms with E-state index >= 15 is 0 Å². The highest BCUT2D eigenvalue weighted by molar-refractivity contribution is 6.36. The fraction of sp³-hybridized carbons (Fsp3) is 0.0278. The lowest BCUT2D eigenvalue weighted by Crippen LogP contribution is -1.94. The van der Waals surface area contributed by atoms with E-state index in [1.54, 1.807) is 0 Å². The molecule has 0 aliphatic heterocycles. The van der Waals surface area contributed by atoms with Crippen molar-refractivity contribution in [3.63, 3.8) is 0 Å². The number of fused-ring (bicyclic) bond motifs is 16. The molecule has 0 atom stereocenters. The maximum Gasteiger partial charge on any atom is 0.0742 e. The maximum atomic E-state index is 2.48. The summed E-state index contributed by atoms with van der Waals surface area (Å²) in [7, 11) is 4.56. The highest BCUT2D eigenvalue weighted by Crippen LogP contribution is 2.50. The first-order valence-electron chi connectivity index (χ1n) is 25.8. The van der Waals surface area contributed by atoms with Crippen LogP contribution in [0.5, 0.6) is 0 Å². The number of hydrogen-bond acceptors (Lipinski definition) is 0. The first kappa shape index (κ1) is 41.2. The van der Waals surface area contributed by atoms with Gasteiger partial charge in [-0.15, -0.1) is 0 Å². The third-order valence-corrected chi connectivity index (χ3v) is 16.6. The first-order chi connectivity index (χ1) is 36.6. The summed E-state index contributed by atoms with van der Waals surface area (Å²) in [5.74, 6) is 0.